The molecule has 0 aliphatic heterocycles. The fourth-order valence-corrected chi connectivity index (χ4v) is 2.10. The Morgan fingerprint density at radius 3 is 2.47 bits per heavy atom. The van der Waals surface area contributed by atoms with E-state index in [0.717, 1.165) is 11.9 Å². The summed E-state index contributed by atoms with van der Waals surface area (Å²) in [6, 6.07) is 8.91. The van der Waals surface area contributed by atoms with Gasteiger partial charge in [-0.1, -0.05) is 39.8 Å². The summed E-state index contributed by atoms with van der Waals surface area (Å²) in [5.74, 6) is 1.24. The van der Waals surface area contributed by atoms with Crippen LogP contribution in [0.2, 0.25) is 0 Å². The van der Waals surface area contributed by atoms with E-state index in [1.54, 1.807) is 0 Å². The average molecular weight is 227 g/mol. The second-order valence-corrected chi connectivity index (χ2v) is 5.55. The number of rotatable bonds is 3. The van der Waals surface area contributed by atoms with Gasteiger partial charge in [-0.15, -0.1) is 0 Å². The van der Waals surface area contributed by atoms with Crippen molar-refractivity contribution in [3.8, 4) is 0 Å². The molecule has 2 rings (SSSR count). The fourth-order valence-electron chi connectivity index (χ4n) is 2.10. The first kappa shape index (κ1) is 12.1. The number of nitrogens with zero attached hydrogens (tertiary/aromatic N) is 1. The van der Waals surface area contributed by atoms with Crippen molar-refractivity contribution in [3.63, 3.8) is 0 Å². The predicted molar refractivity (Wildman–Crippen MR) is 74.4 cm³/mol. The molecule has 1 heteroatoms. The van der Waals surface area contributed by atoms with Gasteiger partial charge in [0.05, 0.1) is 5.52 Å². The largest absolute Gasteiger partial charge is 0.256 e. The molecule has 1 aromatic carbocycles. The molecule has 0 aliphatic rings. The number of hydrogen-bond donors (Lipinski definition) is 0. The molecule has 0 spiro atoms. The van der Waals surface area contributed by atoms with Crippen molar-refractivity contribution in [2.75, 3.05) is 0 Å². The van der Waals surface area contributed by atoms with Gasteiger partial charge in [0.2, 0.25) is 0 Å². The Hall–Kier alpha value is -1.37. The first-order valence-electron chi connectivity index (χ1n) is 6.45. The van der Waals surface area contributed by atoms with E-state index < -0.39 is 0 Å². The van der Waals surface area contributed by atoms with Crippen LogP contribution in [0.4, 0.5) is 0 Å². The van der Waals surface area contributed by atoms with Crippen LogP contribution in [-0.4, -0.2) is 4.98 Å². The third kappa shape index (κ3) is 2.85. The van der Waals surface area contributed by atoms with Gasteiger partial charge in [0.25, 0.3) is 0 Å². The Balaban J connectivity index is 2.39. The zero-order chi connectivity index (χ0) is 12.4. The van der Waals surface area contributed by atoms with Gasteiger partial charge < -0.3 is 0 Å². The molecule has 90 valence electrons. The normalized spacial score (nSPS) is 11.6. The molecule has 0 atom stereocenters. The van der Waals surface area contributed by atoms with Crippen molar-refractivity contribution >= 4 is 10.9 Å². The highest BCUT2D eigenvalue weighted by atomic mass is 14.6. The lowest BCUT2D eigenvalue weighted by atomic mass is 9.99. The Bertz CT molecular complexity index is 512. The second-order valence-electron chi connectivity index (χ2n) is 5.55. The van der Waals surface area contributed by atoms with E-state index in [9.17, 15) is 0 Å². The third-order valence-corrected chi connectivity index (χ3v) is 3.08. The Morgan fingerprint density at radius 2 is 1.82 bits per heavy atom. The lowest BCUT2D eigenvalue weighted by molar-refractivity contribution is 0.647. The van der Waals surface area contributed by atoms with Crippen LogP contribution in [0, 0.1) is 5.92 Å². The lowest BCUT2D eigenvalue weighted by Crippen LogP contribution is -1.95. The zero-order valence-electron chi connectivity index (χ0n) is 11.2. The molecule has 0 saturated carbocycles. The Kier molecular flexibility index (Phi) is 3.46. The third-order valence-electron chi connectivity index (χ3n) is 3.08. The van der Waals surface area contributed by atoms with E-state index in [1.807, 2.05) is 6.20 Å². The molecule has 1 aromatic heterocycles. The van der Waals surface area contributed by atoms with Crippen molar-refractivity contribution in [2.45, 2.75) is 40.0 Å². The summed E-state index contributed by atoms with van der Waals surface area (Å²) >= 11 is 0. The summed E-state index contributed by atoms with van der Waals surface area (Å²) in [5, 5.41) is 1.25. The van der Waals surface area contributed by atoms with Crippen LogP contribution < -0.4 is 0 Å². The second kappa shape index (κ2) is 4.87. The number of pyridine rings is 1. The van der Waals surface area contributed by atoms with Crippen LogP contribution in [0.3, 0.4) is 0 Å². The highest BCUT2D eigenvalue weighted by Crippen LogP contribution is 2.21. The first-order chi connectivity index (χ1) is 8.06. The van der Waals surface area contributed by atoms with E-state index in [-0.39, 0.29) is 0 Å². The van der Waals surface area contributed by atoms with Crippen LogP contribution in [-0.2, 0) is 6.42 Å². The molecular weight excluding hydrogens is 206 g/mol. The smallest absolute Gasteiger partial charge is 0.0704 e. The van der Waals surface area contributed by atoms with E-state index in [2.05, 4.69) is 56.9 Å². The maximum atomic E-state index is 4.57. The maximum absolute atomic E-state index is 4.57. The summed E-state index contributed by atoms with van der Waals surface area (Å²) in [5.41, 5.74) is 3.82. The zero-order valence-corrected chi connectivity index (χ0v) is 11.2. The van der Waals surface area contributed by atoms with Gasteiger partial charge in [-0.25, -0.2) is 0 Å². The molecule has 2 aromatic rings. The number of fused-ring (bicyclic) bond motifs is 1. The van der Waals surface area contributed by atoms with Gasteiger partial charge in [0, 0.05) is 11.6 Å². The minimum atomic E-state index is 0.544. The molecule has 0 aliphatic carbocycles. The molecule has 0 amide bonds. The number of hydrogen-bond acceptors (Lipinski definition) is 1. The van der Waals surface area contributed by atoms with E-state index >= 15 is 0 Å². The lowest BCUT2D eigenvalue weighted by Gasteiger charge is -2.08. The van der Waals surface area contributed by atoms with Gasteiger partial charge in [-0.3, -0.25) is 4.98 Å². The van der Waals surface area contributed by atoms with Crippen molar-refractivity contribution < 1.29 is 0 Å². The molecule has 0 radical (unpaired) electrons. The predicted octanol–water partition coefficient (Wildman–Crippen LogP) is 4.56. The quantitative estimate of drug-likeness (QED) is 0.749. The fraction of sp³-hybridized carbons (Fsp3) is 0.438. The Labute approximate surface area is 104 Å². The monoisotopic (exact) mass is 227 g/mol. The summed E-state index contributed by atoms with van der Waals surface area (Å²) in [6.07, 6.45) is 3.13. The average Bonchev–Trinajstić information content (AvgIpc) is 2.27. The first-order valence-corrected chi connectivity index (χ1v) is 6.45. The van der Waals surface area contributed by atoms with Crippen molar-refractivity contribution in [1.29, 1.82) is 0 Å². The van der Waals surface area contributed by atoms with Crippen LogP contribution in [0.5, 0.6) is 0 Å². The molecule has 0 bridgehead atoms. The number of aromatic nitrogens is 1. The SMILES string of the molecule is CC(C)Cc1ccc2cc(C(C)C)cnc2c1. The molecule has 0 saturated heterocycles. The van der Waals surface area contributed by atoms with Gasteiger partial charge in [-0.05, 0) is 41.5 Å². The van der Waals surface area contributed by atoms with Gasteiger partial charge in [0.15, 0.2) is 0 Å². The highest BCUT2D eigenvalue weighted by molar-refractivity contribution is 5.79. The van der Waals surface area contributed by atoms with Crippen molar-refractivity contribution in [1.82, 2.24) is 4.98 Å². The van der Waals surface area contributed by atoms with Gasteiger partial charge in [0.1, 0.15) is 0 Å². The standard InChI is InChI=1S/C16H21N/c1-11(2)7-13-5-6-14-9-15(12(3)4)10-17-16(14)8-13/h5-6,8-12H,7H2,1-4H3. The van der Waals surface area contributed by atoms with Crippen LogP contribution in [0.15, 0.2) is 30.5 Å². The molecule has 17 heavy (non-hydrogen) atoms. The minimum Gasteiger partial charge on any atom is -0.256 e. The minimum absolute atomic E-state index is 0.544. The molecule has 0 N–H and O–H groups in total. The summed E-state index contributed by atoms with van der Waals surface area (Å²) < 4.78 is 0. The van der Waals surface area contributed by atoms with E-state index in [0.29, 0.717) is 11.8 Å². The highest BCUT2D eigenvalue weighted by Gasteiger charge is 2.04. The van der Waals surface area contributed by atoms with Crippen LogP contribution in [0.25, 0.3) is 10.9 Å². The molecule has 0 fully saturated rings. The van der Waals surface area contributed by atoms with Gasteiger partial charge in [-0.2, -0.15) is 0 Å². The molecule has 0 unspecified atom stereocenters. The summed E-state index contributed by atoms with van der Waals surface area (Å²) in [4.78, 5) is 4.57. The van der Waals surface area contributed by atoms with Crippen LogP contribution in [0.1, 0.15) is 44.7 Å². The van der Waals surface area contributed by atoms with Crippen molar-refractivity contribution in [3.05, 3.63) is 41.6 Å². The Morgan fingerprint density at radius 1 is 1.06 bits per heavy atom. The topological polar surface area (TPSA) is 12.9 Å². The number of benzene rings is 1. The maximum Gasteiger partial charge on any atom is 0.0704 e. The summed E-state index contributed by atoms with van der Waals surface area (Å²) in [7, 11) is 0. The molecular formula is C16H21N. The van der Waals surface area contributed by atoms with E-state index in [4.69, 9.17) is 0 Å². The molecule has 1 heterocycles. The van der Waals surface area contributed by atoms with Gasteiger partial charge >= 0.3 is 0 Å². The molecule has 1 nitrogen and oxygen atoms in total. The van der Waals surface area contributed by atoms with E-state index in [1.165, 1.54) is 16.5 Å². The summed E-state index contributed by atoms with van der Waals surface area (Å²) in [6.45, 7) is 8.91. The van der Waals surface area contributed by atoms with Crippen LogP contribution >= 0.6 is 0 Å². The van der Waals surface area contributed by atoms with Crippen molar-refractivity contribution in [2.24, 2.45) is 5.92 Å².